The van der Waals surface area contributed by atoms with E-state index in [9.17, 15) is 0 Å². The minimum atomic E-state index is -1.62. The fourth-order valence-corrected chi connectivity index (χ4v) is 3.10. The van der Waals surface area contributed by atoms with Crippen LogP contribution in [0.5, 0.6) is 17.2 Å². The molecule has 0 aliphatic carbocycles. The summed E-state index contributed by atoms with van der Waals surface area (Å²) in [7, 11) is -1.62. The maximum absolute atomic E-state index is 5.96. The molecule has 3 rings (SSSR count). The predicted molar refractivity (Wildman–Crippen MR) is 118 cm³/mol. The van der Waals surface area contributed by atoms with E-state index < -0.39 is 8.60 Å². The van der Waals surface area contributed by atoms with Crippen LogP contribution in [0, 0.1) is 20.8 Å². The number of benzene rings is 3. The number of hydrogen-bond acceptors (Lipinski definition) is 3. The number of hydrogen-bond donors (Lipinski definition) is 0. The van der Waals surface area contributed by atoms with Crippen LogP contribution in [0.4, 0.5) is 0 Å². The molecule has 0 radical (unpaired) electrons. The summed E-state index contributed by atoms with van der Waals surface area (Å²) in [5.41, 5.74) is 3.53. The van der Waals surface area contributed by atoms with Crippen molar-refractivity contribution < 1.29 is 13.6 Å². The fourth-order valence-electron chi connectivity index (χ4n) is 2.11. The lowest BCUT2D eigenvalue weighted by molar-refractivity contribution is 0.388. The summed E-state index contributed by atoms with van der Waals surface area (Å²) in [6, 6.07) is 23.5. The molecule has 0 aliphatic rings. The van der Waals surface area contributed by atoms with Crippen molar-refractivity contribution in [1.29, 1.82) is 0 Å². The van der Waals surface area contributed by atoms with Crippen molar-refractivity contribution in [3.05, 3.63) is 102 Å². The Balaban J connectivity index is 0.000000878. The monoisotopic (exact) mass is 394 g/mol. The zero-order valence-corrected chi connectivity index (χ0v) is 17.8. The van der Waals surface area contributed by atoms with Crippen LogP contribution >= 0.6 is 8.60 Å². The molecular formula is C24H27O3P. The Morgan fingerprint density at radius 3 is 1.00 bits per heavy atom. The molecule has 4 heteroatoms. The van der Waals surface area contributed by atoms with E-state index >= 15 is 0 Å². The Hall–Kier alpha value is -2.77. The molecule has 0 bridgehead atoms. The lowest BCUT2D eigenvalue weighted by Gasteiger charge is -2.18. The SMILES string of the molecule is C=CC.Cc1ccc(OP(Oc2ccc(C)cc2)Oc2ccc(C)cc2)cc1. The van der Waals surface area contributed by atoms with Crippen molar-refractivity contribution in [2.24, 2.45) is 0 Å². The topological polar surface area (TPSA) is 27.7 Å². The predicted octanol–water partition coefficient (Wildman–Crippen LogP) is 7.57. The van der Waals surface area contributed by atoms with Crippen LogP contribution in [-0.2, 0) is 0 Å². The highest BCUT2D eigenvalue weighted by molar-refractivity contribution is 7.43. The third-order valence-corrected chi connectivity index (χ3v) is 4.68. The molecule has 0 atom stereocenters. The van der Waals surface area contributed by atoms with Gasteiger partial charge in [-0.3, -0.25) is 0 Å². The van der Waals surface area contributed by atoms with E-state index in [0.29, 0.717) is 0 Å². The average molecular weight is 394 g/mol. The van der Waals surface area contributed by atoms with Crippen molar-refractivity contribution in [3.8, 4) is 17.2 Å². The average Bonchev–Trinajstić information content (AvgIpc) is 2.68. The number of rotatable bonds is 6. The Morgan fingerprint density at radius 2 is 0.786 bits per heavy atom. The molecule has 0 aliphatic heterocycles. The molecule has 3 aromatic rings. The van der Waals surface area contributed by atoms with Crippen LogP contribution in [0.15, 0.2) is 85.5 Å². The highest BCUT2D eigenvalue weighted by atomic mass is 31.2. The van der Waals surface area contributed by atoms with Crippen molar-refractivity contribution in [2.75, 3.05) is 0 Å². The number of aryl methyl sites for hydroxylation is 3. The third-order valence-electron chi connectivity index (χ3n) is 3.60. The largest absolute Gasteiger partial charge is 0.530 e. The van der Waals surface area contributed by atoms with Crippen molar-refractivity contribution in [3.63, 3.8) is 0 Å². The van der Waals surface area contributed by atoms with Crippen molar-refractivity contribution in [2.45, 2.75) is 27.7 Å². The van der Waals surface area contributed by atoms with E-state index in [2.05, 4.69) is 6.58 Å². The first-order valence-corrected chi connectivity index (χ1v) is 10.2. The van der Waals surface area contributed by atoms with Gasteiger partial charge >= 0.3 is 8.60 Å². The molecule has 0 saturated heterocycles. The summed E-state index contributed by atoms with van der Waals surface area (Å²) >= 11 is 0. The molecule has 3 aromatic carbocycles. The van der Waals surface area contributed by atoms with Crippen LogP contribution < -0.4 is 13.6 Å². The smallest absolute Gasteiger partial charge is 0.409 e. The molecular weight excluding hydrogens is 367 g/mol. The van der Waals surface area contributed by atoms with Crippen LogP contribution in [0.3, 0.4) is 0 Å². The van der Waals surface area contributed by atoms with Gasteiger partial charge in [-0.1, -0.05) is 59.2 Å². The van der Waals surface area contributed by atoms with Gasteiger partial charge in [0.25, 0.3) is 0 Å². The lowest BCUT2D eigenvalue weighted by Crippen LogP contribution is -2.02. The van der Waals surface area contributed by atoms with Gasteiger partial charge in [0, 0.05) is 0 Å². The molecule has 0 saturated carbocycles. The summed E-state index contributed by atoms with van der Waals surface area (Å²) < 4.78 is 17.9. The minimum Gasteiger partial charge on any atom is -0.409 e. The molecule has 146 valence electrons. The first-order chi connectivity index (χ1) is 13.5. The highest BCUT2D eigenvalue weighted by Gasteiger charge is 2.19. The van der Waals surface area contributed by atoms with Crippen LogP contribution in [0.2, 0.25) is 0 Å². The van der Waals surface area contributed by atoms with Crippen LogP contribution in [0.25, 0.3) is 0 Å². The van der Waals surface area contributed by atoms with Gasteiger partial charge in [0.1, 0.15) is 17.2 Å². The van der Waals surface area contributed by atoms with Gasteiger partial charge in [-0.05, 0) is 64.1 Å². The summed E-state index contributed by atoms with van der Waals surface area (Å²) in [4.78, 5) is 0. The van der Waals surface area contributed by atoms with Gasteiger partial charge in [0.15, 0.2) is 0 Å². The van der Waals surface area contributed by atoms with Gasteiger partial charge in [-0.15, -0.1) is 6.58 Å². The standard InChI is InChI=1S/C21H21O3P.C3H6/c1-16-4-10-19(11-5-16)22-25(23-20-12-6-17(2)7-13-20)24-21-14-8-18(3)9-15-21;1-3-2/h4-15H,1-3H3;3H,1H2,2H3. The molecule has 0 N–H and O–H groups in total. The Labute approximate surface area is 169 Å². The second-order valence-corrected chi connectivity index (χ2v) is 7.34. The Kier molecular flexibility index (Phi) is 8.58. The second kappa shape index (κ2) is 11.2. The molecule has 3 nitrogen and oxygen atoms in total. The van der Waals surface area contributed by atoms with Gasteiger partial charge in [0.2, 0.25) is 0 Å². The van der Waals surface area contributed by atoms with Crippen LogP contribution in [0.1, 0.15) is 23.6 Å². The van der Waals surface area contributed by atoms with Crippen LogP contribution in [-0.4, -0.2) is 0 Å². The quantitative estimate of drug-likeness (QED) is 0.319. The summed E-state index contributed by atoms with van der Waals surface area (Å²) in [6.45, 7) is 11.4. The van der Waals surface area contributed by atoms with E-state index in [1.165, 1.54) is 16.7 Å². The molecule has 0 amide bonds. The lowest BCUT2D eigenvalue weighted by atomic mass is 10.2. The zero-order valence-electron chi connectivity index (χ0n) is 16.9. The highest BCUT2D eigenvalue weighted by Crippen LogP contribution is 2.42. The zero-order chi connectivity index (χ0) is 20.4. The molecule has 0 fully saturated rings. The van der Waals surface area contributed by atoms with E-state index in [1.54, 1.807) is 6.08 Å². The third kappa shape index (κ3) is 7.46. The Bertz CT molecular complexity index is 728. The fraction of sp³-hybridized carbons (Fsp3) is 0.167. The molecule has 0 aromatic heterocycles. The first kappa shape index (κ1) is 21.5. The van der Waals surface area contributed by atoms with Crippen molar-refractivity contribution >= 4 is 8.60 Å². The van der Waals surface area contributed by atoms with Crippen molar-refractivity contribution in [1.82, 2.24) is 0 Å². The van der Waals surface area contributed by atoms with Gasteiger partial charge in [-0.25, -0.2) is 0 Å². The molecule has 28 heavy (non-hydrogen) atoms. The van der Waals surface area contributed by atoms with Gasteiger partial charge < -0.3 is 13.6 Å². The van der Waals surface area contributed by atoms with E-state index in [1.807, 2.05) is 100 Å². The maximum atomic E-state index is 5.96. The molecule has 0 heterocycles. The molecule has 0 unspecified atom stereocenters. The summed E-state index contributed by atoms with van der Waals surface area (Å²) in [6.07, 6.45) is 1.75. The normalized spacial score (nSPS) is 9.89. The summed E-state index contributed by atoms with van der Waals surface area (Å²) in [5.74, 6) is 2.16. The summed E-state index contributed by atoms with van der Waals surface area (Å²) in [5, 5.41) is 0. The van der Waals surface area contributed by atoms with Gasteiger partial charge in [0.05, 0.1) is 0 Å². The van der Waals surface area contributed by atoms with E-state index in [4.69, 9.17) is 13.6 Å². The van der Waals surface area contributed by atoms with Gasteiger partial charge in [-0.2, -0.15) is 0 Å². The van der Waals surface area contributed by atoms with E-state index in [0.717, 1.165) is 17.2 Å². The molecule has 0 spiro atoms. The minimum absolute atomic E-state index is 0.718. The second-order valence-electron chi connectivity index (χ2n) is 6.34. The first-order valence-electron chi connectivity index (χ1n) is 9.11. The number of allylic oxidation sites excluding steroid dienone is 1. The van der Waals surface area contributed by atoms with E-state index in [-0.39, 0.29) is 0 Å². The maximum Gasteiger partial charge on any atom is 0.530 e. The Morgan fingerprint density at radius 1 is 0.571 bits per heavy atom.